The molecule has 1 aliphatic heterocycles. The summed E-state index contributed by atoms with van der Waals surface area (Å²) < 4.78 is 5.91. The molecule has 2 aromatic carbocycles. The molecular weight excluding hydrogens is 320 g/mol. The van der Waals surface area contributed by atoms with Gasteiger partial charge in [-0.25, -0.2) is 4.79 Å². The van der Waals surface area contributed by atoms with Gasteiger partial charge in [-0.05, 0) is 57.0 Å². The molecule has 0 amide bonds. The highest BCUT2D eigenvalue weighted by molar-refractivity contribution is 5.94. The lowest BCUT2D eigenvalue weighted by Crippen LogP contribution is -2.13. The highest BCUT2D eigenvalue weighted by Gasteiger charge is 2.34. The van der Waals surface area contributed by atoms with Crippen LogP contribution in [-0.4, -0.2) is 21.3 Å². The van der Waals surface area contributed by atoms with Crippen LogP contribution in [0.1, 0.15) is 52.4 Å². The van der Waals surface area contributed by atoms with Crippen molar-refractivity contribution in [2.75, 3.05) is 0 Å². The number of hydrogen-bond donors (Lipinski definition) is 3. The van der Waals surface area contributed by atoms with Gasteiger partial charge in [-0.1, -0.05) is 11.6 Å². The Kier molecular flexibility index (Phi) is 3.95. The molecule has 0 aromatic heterocycles. The lowest BCUT2D eigenvalue weighted by Gasteiger charge is -2.29. The minimum absolute atomic E-state index is 0.0556. The van der Waals surface area contributed by atoms with Gasteiger partial charge in [0.1, 0.15) is 28.6 Å². The molecule has 0 bridgehead atoms. The van der Waals surface area contributed by atoms with E-state index in [-0.39, 0.29) is 17.1 Å². The van der Waals surface area contributed by atoms with E-state index < -0.39 is 11.9 Å². The Balaban J connectivity index is 2.37. The molecule has 0 radical (unpaired) electrons. The molecule has 5 heteroatoms. The third kappa shape index (κ3) is 2.71. The summed E-state index contributed by atoms with van der Waals surface area (Å²) in [5.41, 5.74) is 2.97. The molecule has 3 N–H and O–H groups in total. The van der Waals surface area contributed by atoms with Crippen molar-refractivity contribution in [3.63, 3.8) is 0 Å². The molecular formula is C20H20O5. The van der Waals surface area contributed by atoms with Gasteiger partial charge in [0, 0.05) is 17.0 Å². The molecule has 1 aliphatic rings. The number of hydrogen-bond acceptors (Lipinski definition) is 4. The topological polar surface area (TPSA) is 87.0 Å². The Morgan fingerprint density at radius 2 is 1.72 bits per heavy atom. The first-order valence-electron chi connectivity index (χ1n) is 7.96. The van der Waals surface area contributed by atoms with E-state index in [1.807, 2.05) is 32.9 Å². The molecule has 0 saturated heterocycles. The molecule has 0 unspecified atom stereocenters. The number of ether oxygens (including phenoxy) is 1. The van der Waals surface area contributed by atoms with Crippen LogP contribution in [0.3, 0.4) is 0 Å². The number of aryl methyl sites for hydroxylation is 2. The summed E-state index contributed by atoms with van der Waals surface area (Å²) in [5.74, 6) is -1.05. The van der Waals surface area contributed by atoms with Gasteiger partial charge in [-0.3, -0.25) is 0 Å². The fourth-order valence-corrected chi connectivity index (χ4v) is 3.35. The second-order valence-electron chi connectivity index (χ2n) is 6.65. The number of carbonyl (C=O) groups is 1. The van der Waals surface area contributed by atoms with Crippen LogP contribution in [-0.2, 0) is 0 Å². The van der Waals surface area contributed by atoms with Gasteiger partial charge < -0.3 is 20.1 Å². The van der Waals surface area contributed by atoms with Crippen LogP contribution in [0.4, 0.5) is 0 Å². The molecule has 0 fully saturated rings. The van der Waals surface area contributed by atoms with Gasteiger partial charge in [0.05, 0.1) is 0 Å². The largest absolute Gasteiger partial charge is 0.507 e. The fourth-order valence-electron chi connectivity index (χ4n) is 3.35. The quantitative estimate of drug-likeness (QED) is 0.695. The lowest BCUT2D eigenvalue weighted by molar-refractivity contribution is 0.0692. The van der Waals surface area contributed by atoms with Crippen LogP contribution in [0.5, 0.6) is 23.0 Å². The highest BCUT2D eigenvalue weighted by atomic mass is 16.5. The molecule has 0 saturated carbocycles. The zero-order chi connectivity index (χ0) is 18.5. The standard InChI is InChI=1S/C20H20O5/c1-9(2)5-12-17-13(21)6-10(3)7-14(17)25-15-8-11(4)16(20(23)24)19(22)18(12)15/h5-8,12,21-22H,1-4H3,(H,23,24)/t12-/m0/s1. The average molecular weight is 340 g/mol. The predicted octanol–water partition coefficient (Wildman–Crippen LogP) is 4.62. The van der Waals surface area contributed by atoms with Crippen molar-refractivity contribution in [2.24, 2.45) is 0 Å². The molecule has 1 atom stereocenters. The van der Waals surface area contributed by atoms with Crippen molar-refractivity contribution in [3.8, 4) is 23.0 Å². The molecule has 2 aromatic rings. The minimum Gasteiger partial charge on any atom is -0.507 e. The van der Waals surface area contributed by atoms with E-state index in [1.54, 1.807) is 19.1 Å². The van der Waals surface area contributed by atoms with Crippen LogP contribution >= 0.6 is 0 Å². The highest BCUT2D eigenvalue weighted by Crippen LogP contribution is 2.53. The van der Waals surface area contributed by atoms with E-state index in [0.29, 0.717) is 28.2 Å². The Bertz CT molecular complexity index is 920. The maximum atomic E-state index is 11.5. The first-order chi connectivity index (χ1) is 11.7. The molecule has 130 valence electrons. The van der Waals surface area contributed by atoms with Crippen molar-refractivity contribution in [1.29, 1.82) is 0 Å². The average Bonchev–Trinajstić information content (AvgIpc) is 2.44. The summed E-state index contributed by atoms with van der Waals surface area (Å²) in [6, 6.07) is 5.07. The van der Waals surface area contributed by atoms with Crippen molar-refractivity contribution in [1.82, 2.24) is 0 Å². The minimum atomic E-state index is -1.20. The number of fused-ring (bicyclic) bond motifs is 2. The number of rotatable bonds is 2. The number of carboxylic acid groups (broad SMARTS) is 1. The number of phenols is 2. The maximum Gasteiger partial charge on any atom is 0.339 e. The summed E-state index contributed by atoms with van der Waals surface area (Å²) in [4.78, 5) is 11.5. The Labute approximate surface area is 145 Å². The molecule has 3 rings (SSSR count). The van der Waals surface area contributed by atoms with Gasteiger partial charge in [-0.15, -0.1) is 0 Å². The number of aromatic hydroxyl groups is 2. The van der Waals surface area contributed by atoms with E-state index in [9.17, 15) is 20.1 Å². The molecule has 25 heavy (non-hydrogen) atoms. The number of carboxylic acids is 1. The smallest absolute Gasteiger partial charge is 0.339 e. The summed E-state index contributed by atoms with van der Waals surface area (Å²) in [6.07, 6.45) is 1.88. The number of phenolic OH excluding ortho intramolecular Hbond substituents is 1. The second kappa shape index (κ2) is 5.84. The normalized spacial score (nSPS) is 15.0. The first kappa shape index (κ1) is 16.9. The summed E-state index contributed by atoms with van der Waals surface area (Å²) >= 11 is 0. The monoisotopic (exact) mass is 340 g/mol. The van der Waals surface area contributed by atoms with E-state index in [1.165, 1.54) is 0 Å². The summed E-state index contributed by atoms with van der Waals surface area (Å²) in [7, 11) is 0. The van der Waals surface area contributed by atoms with Gasteiger partial charge in [0.15, 0.2) is 0 Å². The van der Waals surface area contributed by atoms with Gasteiger partial charge in [0.2, 0.25) is 0 Å². The Hall–Kier alpha value is -2.95. The van der Waals surface area contributed by atoms with Crippen LogP contribution in [0, 0.1) is 13.8 Å². The molecule has 0 aliphatic carbocycles. The van der Waals surface area contributed by atoms with Crippen LogP contribution in [0.15, 0.2) is 29.8 Å². The van der Waals surface area contributed by atoms with Crippen molar-refractivity contribution in [3.05, 3.63) is 57.7 Å². The van der Waals surface area contributed by atoms with Gasteiger partial charge in [-0.2, -0.15) is 0 Å². The van der Waals surface area contributed by atoms with Gasteiger partial charge >= 0.3 is 5.97 Å². The fraction of sp³-hybridized carbons (Fsp3) is 0.250. The zero-order valence-corrected chi connectivity index (χ0v) is 14.5. The van der Waals surface area contributed by atoms with Gasteiger partial charge in [0.25, 0.3) is 0 Å². The number of benzene rings is 2. The Morgan fingerprint density at radius 1 is 1.08 bits per heavy atom. The first-order valence-corrected chi connectivity index (χ1v) is 7.96. The number of aromatic carboxylic acids is 1. The van der Waals surface area contributed by atoms with Crippen molar-refractivity contribution < 1.29 is 24.9 Å². The van der Waals surface area contributed by atoms with E-state index in [0.717, 1.165) is 11.1 Å². The third-order valence-corrected chi connectivity index (χ3v) is 4.32. The molecule has 5 nitrogen and oxygen atoms in total. The van der Waals surface area contributed by atoms with E-state index in [2.05, 4.69) is 0 Å². The zero-order valence-electron chi connectivity index (χ0n) is 14.5. The molecule has 1 heterocycles. The Morgan fingerprint density at radius 3 is 2.32 bits per heavy atom. The van der Waals surface area contributed by atoms with E-state index >= 15 is 0 Å². The lowest BCUT2D eigenvalue weighted by atomic mass is 9.83. The molecule has 0 spiro atoms. The van der Waals surface area contributed by atoms with Crippen molar-refractivity contribution >= 4 is 5.97 Å². The van der Waals surface area contributed by atoms with Crippen LogP contribution in [0.2, 0.25) is 0 Å². The maximum absolute atomic E-state index is 11.5. The van der Waals surface area contributed by atoms with E-state index in [4.69, 9.17) is 4.74 Å². The van der Waals surface area contributed by atoms with Crippen molar-refractivity contribution in [2.45, 2.75) is 33.6 Å². The SMILES string of the molecule is CC(C)=C[C@H]1c2c(O)cc(C)cc2Oc2cc(C)c(C(=O)O)c(O)c21. The summed E-state index contributed by atoms with van der Waals surface area (Å²) in [5, 5.41) is 30.6. The summed E-state index contributed by atoms with van der Waals surface area (Å²) in [6.45, 7) is 7.28. The number of allylic oxidation sites excluding steroid dienone is 2. The van der Waals surface area contributed by atoms with Crippen LogP contribution < -0.4 is 4.74 Å². The third-order valence-electron chi connectivity index (χ3n) is 4.32. The second-order valence-corrected chi connectivity index (χ2v) is 6.65. The van der Waals surface area contributed by atoms with Crippen LogP contribution in [0.25, 0.3) is 0 Å². The predicted molar refractivity (Wildman–Crippen MR) is 94.0 cm³/mol.